The maximum absolute atomic E-state index is 11.3. The molecule has 100 valence electrons. The van der Waals surface area contributed by atoms with Crippen molar-refractivity contribution < 1.29 is 13.5 Å². The minimum atomic E-state index is -2.86. The zero-order valence-electron chi connectivity index (χ0n) is 10.0. The number of halogens is 1. The topological polar surface area (TPSA) is 54.4 Å². The van der Waals surface area contributed by atoms with E-state index in [1.165, 1.54) is 0 Å². The number of hydrogen-bond acceptors (Lipinski definition) is 3. The van der Waals surface area contributed by atoms with Gasteiger partial charge in [0.2, 0.25) is 0 Å². The molecule has 0 amide bonds. The van der Waals surface area contributed by atoms with E-state index in [9.17, 15) is 13.5 Å². The molecule has 1 aliphatic rings. The van der Waals surface area contributed by atoms with Crippen LogP contribution in [-0.2, 0) is 16.3 Å². The maximum atomic E-state index is 11.3. The van der Waals surface area contributed by atoms with Crippen molar-refractivity contribution >= 4 is 21.4 Å². The van der Waals surface area contributed by atoms with Gasteiger partial charge >= 0.3 is 0 Å². The first-order valence-electron chi connectivity index (χ1n) is 6.08. The predicted molar refractivity (Wildman–Crippen MR) is 72.5 cm³/mol. The molecule has 1 aromatic carbocycles. The highest BCUT2D eigenvalue weighted by atomic mass is 35.5. The van der Waals surface area contributed by atoms with Crippen LogP contribution in [0.15, 0.2) is 24.3 Å². The molecule has 1 fully saturated rings. The quantitative estimate of drug-likeness (QED) is 0.923. The normalized spacial score (nSPS) is 24.0. The third-order valence-electron chi connectivity index (χ3n) is 3.35. The van der Waals surface area contributed by atoms with Gasteiger partial charge in [0.1, 0.15) is 0 Å². The van der Waals surface area contributed by atoms with E-state index in [0.29, 0.717) is 24.3 Å². The summed E-state index contributed by atoms with van der Waals surface area (Å²) in [5.41, 5.74) is 0.910. The van der Waals surface area contributed by atoms with Crippen LogP contribution < -0.4 is 0 Å². The van der Waals surface area contributed by atoms with E-state index in [-0.39, 0.29) is 17.4 Å². The second-order valence-electron chi connectivity index (χ2n) is 4.95. The van der Waals surface area contributed by atoms with Gasteiger partial charge in [0.15, 0.2) is 9.84 Å². The molecule has 2 unspecified atom stereocenters. The summed E-state index contributed by atoms with van der Waals surface area (Å²) in [4.78, 5) is 0. The fourth-order valence-corrected chi connectivity index (χ4v) is 4.54. The molecular weight excluding hydrogens is 272 g/mol. The van der Waals surface area contributed by atoms with Crippen molar-refractivity contribution in [3.8, 4) is 0 Å². The number of sulfone groups is 1. The molecule has 0 radical (unpaired) electrons. The second-order valence-corrected chi connectivity index (χ2v) is 7.59. The van der Waals surface area contributed by atoms with Crippen LogP contribution in [0, 0.1) is 5.92 Å². The average Bonchev–Trinajstić information content (AvgIpc) is 2.61. The summed E-state index contributed by atoms with van der Waals surface area (Å²) < 4.78 is 22.7. The highest BCUT2D eigenvalue weighted by Crippen LogP contribution is 2.25. The fourth-order valence-electron chi connectivity index (χ4n) is 2.44. The minimum Gasteiger partial charge on any atom is -0.393 e. The summed E-state index contributed by atoms with van der Waals surface area (Å²) in [5.74, 6) is 0.566. The third-order valence-corrected chi connectivity index (χ3v) is 5.55. The van der Waals surface area contributed by atoms with Gasteiger partial charge in [0.25, 0.3) is 0 Å². The molecule has 1 heterocycles. The van der Waals surface area contributed by atoms with Crippen LogP contribution in [0.1, 0.15) is 18.4 Å². The van der Waals surface area contributed by atoms with Gasteiger partial charge in [-0.1, -0.05) is 29.8 Å². The van der Waals surface area contributed by atoms with Gasteiger partial charge in [-0.3, -0.25) is 0 Å². The number of rotatable bonds is 4. The fraction of sp³-hybridized carbons (Fsp3) is 0.538. The molecule has 0 aromatic heterocycles. The van der Waals surface area contributed by atoms with Crippen LogP contribution in [-0.4, -0.2) is 31.1 Å². The summed E-state index contributed by atoms with van der Waals surface area (Å²) in [5, 5.41) is 10.7. The summed E-state index contributed by atoms with van der Waals surface area (Å²) in [6.45, 7) is 0. The minimum absolute atomic E-state index is 0.0903. The maximum Gasteiger partial charge on any atom is 0.150 e. The van der Waals surface area contributed by atoms with E-state index in [1.54, 1.807) is 6.07 Å². The van der Waals surface area contributed by atoms with Crippen molar-refractivity contribution in [3.05, 3.63) is 34.9 Å². The lowest BCUT2D eigenvalue weighted by Crippen LogP contribution is -2.17. The monoisotopic (exact) mass is 288 g/mol. The van der Waals surface area contributed by atoms with Crippen molar-refractivity contribution in [2.75, 3.05) is 11.5 Å². The van der Waals surface area contributed by atoms with Crippen molar-refractivity contribution in [2.24, 2.45) is 5.92 Å². The lowest BCUT2D eigenvalue weighted by Gasteiger charge is -2.15. The lowest BCUT2D eigenvalue weighted by molar-refractivity contribution is 0.147. The molecule has 1 aromatic rings. The Kier molecular flexibility index (Phi) is 4.30. The van der Waals surface area contributed by atoms with Crippen molar-refractivity contribution in [1.29, 1.82) is 0 Å². The van der Waals surface area contributed by atoms with Crippen LogP contribution in [0.3, 0.4) is 0 Å². The number of aliphatic hydroxyl groups excluding tert-OH is 1. The zero-order valence-corrected chi connectivity index (χ0v) is 11.6. The molecular formula is C13H17ClO3S. The Bertz CT molecular complexity index is 513. The van der Waals surface area contributed by atoms with E-state index in [1.807, 2.05) is 18.2 Å². The molecule has 0 aliphatic carbocycles. The highest BCUT2D eigenvalue weighted by Gasteiger charge is 2.29. The second kappa shape index (κ2) is 5.59. The Morgan fingerprint density at radius 2 is 2.11 bits per heavy atom. The van der Waals surface area contributed by atoms with Gasteiger partial charge in [-0.05, 0) is 36.8 Å². The Labute approximate surface area is 113 Å². The Morgan fingerprint density at radius 1 is 1.39 bits per heavy atom. The van der Waals surface area contributed by atoms with Gasteiger partial charge in [0.05, 0.1) is 17.6 Å². The smallest absolute Gasteiger partial charge is 0.150 e. The Balaban J connectivity index is 1.90. The lowest BCUT2D eigenvalue weighted by atomic mass is 9.97. The Hall–Kier alpha value is -0.580. The molecule has 0 spiro atoms. The standard InChI is InChI=1S/C13H17ClO3S/c14-13-4-2-1-3-11(13)8-12(15)7-10-5-6-18(16,17)9-10/h1-4,10,12,15H,5-9H2. The first-order chi connectivity index (χ1) is 8.46. The summed E-state index contributed by atoms with van der Waals surface area (Å²) in [6, 6.07) is 7.41. The first-order valence-corrected chi connectivity index (χ1v) is 8.28. The Morgan fingerprint density at radius 3 is 2.72 bits per heavy atom. The molecule has 1 aliphatic heterocycles. The van der Waals surface area contributed by atoms with Crippen molar-refractivity contribution in [3.63, 3.8) is 0 Å². The summed E-state index contributed by atoms with van der Waals surface area (Å²) >= 11 is 6.02. The molecule has 0 saturated carbocycles. The van der Waals surface area contributed by atoms with E-state index >= 15 is 0 Å². The summed E-state index contributed by atoms with van der Waals surface area (Å²) in [6.07, 6.45) is 1.16. The third kappa shape index (κ3) is 3.70. The van der Waals surface area contributed by atoms with Crippen LogP contribution in [0.5, 0.6) is 0 Å². The van der Waals surface area contributed by atoms with Crippen LogP contribution in [0.4, 0.5) is 0 Å². The van der Waals surface area contributed by atoms with Gasteiger partial charge < -0.3 is 5.11 Å². The van der Waals surface area contributed by atoms with E-state index in [2.05, 4.69) is 0 Å². The molecule has 5 heteroatoms. The van der Waals surface area contributed by atoms with E-state index in [0.717, 1.165) is 5.56 Å². The molecule has 2 atom stereocenters. The molecule has 0 bridgehead atoms. The van der Waals surface area contributed by atoms with Gasteiger partial charge in [0, 0.05) is 5.02 Å². The van der Waals surface area contributed by atoms with Crippen LogP contribution in [0.2, 0.25) is 5.02 Å². The SMILES string of the molecule is O=S1(=O)CCC(CC(O)Cc2ccccc2Cl)C1. The molecule has 2 rings (SSSR count). The molecule has 3 nitrogen and oxygen atoms in total. The molecule has 1 saturated heterocycles. The predicted octanol–water partition coefficient (Wildman–Crippen LogP) is 2.07. The van der Waals surface area contributed by atoms with Gasteiger partial charge in [-0.15, -0.1) is 0 Å². The van der Waals surface area contributed by atoms with Crippen molar-refractivity contribution in [1.82, 2.24) is 0 Å². The highest BCUT2D eigenvalue weighted by molar-refractivity contribution is 7.91. The molecule has 18 heavy (non-hydrogen) atoms. The molecule has 1 N–H and O–H groups in total. The summed E-state index contributed by atoms with van der Waals surface area (Å²) in [7, 11) is -2.86. The van der Waals surface area contributed by atoms with Gasteiger partial charge in [-0.25, -0.2) is 8.42 Å². The number of benzene rings is 1. The largest absolute Gasteiger partial charge is 0.393 e. The van der Waals surface area contributed by atoms with E-state index in [4.69, 9.17) is 11.6 Å². The average molecular weight is 289 g/mol. The van der Waals surface area contributed by atoms with E-state index < -0.39 is 15.9 Å². The zero-order chi connectivity index (χ0) is 13.2. The van der Waals surface area contributed by atoms with Crippen LogP contribution in [0.25, 0.3) is 0 Å². The van der Waals surface area contributed by atoms with Crippen LogP contribution >= 0.6 is 11.6 Å². The number of hydrogen-bond donors (Lipinski definition) is 1. The van der Waals surface area contributed by atoms with Gasteiger partial charge in [-0.2, -0.15) is 0 Å². The number of aliphatic hydroxyl groups is 1. The van der Waals surface area contributed by atoms with Crippen molar-refractivity contribution in [2.45, 2.75) is 25.4 Å². The first kappa shape index (κ1) is 13.8.